The third kappa shape index (κ3) is 3.90. The Balaban J connectivity index is 1.77. The molecular formula is C28H23NO5S. The zero-order chi connectivity index (χ0) is 24.7. The molecule has 35 heavy (non-hydrogen) atoms. The highest BCUT2D eigenvalue weighted by Gasteiger charge is 2.23. The average molecular weight is 486 g/mol. The molecule has 0 bridgehead atoms. The Morgan fingerprint density at radius 2 is 1.49 bits per heavy atom. The minimum atomic E-state index is -4.05. The highest BCUT2D eigenvalue weighted by Crippen LogP contribution is 2.46. The van der Waals surface area contributed by atoms with Crippen LogP contribution in [0.3, 0.4) is 0 Å². The maximum Gasteiger partial charge on any atom is 0.265 e. The minimum Gasteiger partial charge on any atom is -0.507 e. The maximum absolute atomic E-state index is 13.5. The van der Waals surface area contributed by atoms with Crippen molar-refractivity contribution >= 4 is 37.3 Å². The van der Waals surface area contributed by atoms with Gasteiger partial charge in [0.2, 0.25) is 0 Å². The highest BCUT2D eigenvalue weighted by atomic mass is 32.2. The fourth-order valence-corrected chi connectivity index (χ4v) is 5.70. The lowest BCUT2D eigenvalue weighted by molar-refractivity contribution is 0.402. The average Bonchev–Trinajstić information content (AvgIpc) is 2.86. The maximum atomic E-state index is 13.5. The van der Waals surface area contributed by atoms with Crippen LogP contribution in [0, 0.1) is 6.92 Å². The Bertz CT molecular complexity index is 1710. The Labute approximate surface area is 203 Å². The first-order chi connectivity index (χ1) is 16.8. The molecule has 176 valence electrons. The summed E-state index contributed by atoms with van der Waals surface area (Å²) in [7, 11) is -2.64. The second-order valence-corrected chi connectivity index (χ2v) is 9.96. The summed E-state index contributed by atoms with van der Waals surface area (Å²) in [5.74, 6) is 0.143. The van der Waals surface area contributed by atoms with Crippen LogP contribution >= 0.6 is 0 Å². The number of phenols is 2. The van der Waals surface area contributed by atoms with Crippen LogP contribution < -0.4 is 9.46 Å². The predicted molar refractivity (Wildman–Crippen MR) is 139 cm³/mol. The van der Waals surface area contributed by atoms with Gasteiger partial charge in [-0.3, -0.25) is 4.72 Å². The normalized spacial score (nSPS) is 11.6. The van der Waals surface area contributed by atoms with Crippen molar-refractivity contribution in [1.29, 1.82) is 0 Å². The van der Waals surface area contributed by atoms with Gasteiger partial charge in [-0.1, -0.05) is 60.7 Å². The zero-order valence-corrected chi connectivity index (χ0v) is 19.9. The van der Waals surface area contributed by atoms with Crippen LogP contribution in [-0.2, 0) is 10.0 Å². The molecule has 0 saturated heterocycles. The molecule has 0 radical (unpaired) electrons. The summed E-state index contributed by atoms with van der Waals surface area (Å²) < 4.78 is 35.0. The van der Waals surface area contributed by atoms with Crippen molar-refractivity contribution in [3.63, 3.8) is 0 Å². The van der Waals surface area contributed by atoms with E-state index in [2.05, 4.69) is 4.72 Å². The number of ether oxygens (including phenoxy) is 1. The molecule has 0 atom stereocenters. The summed E-state index contributed by atoms with van der Waals surface area (Å²) in [6, 6.07) is 24.3. The van der Waals surface area contributed by atoms with Gasteiger partial charge in [-0.25, -0.2) is 8.42 Å². The monoisotopic (exact) mass is 485 g/mol. The Kier molecular flexibility index (Phi) is 5.49. The Morgan fingerprint density at radius 3 is 2.23 bits per heavy atom. The third-order valence-corrected chi connectivity index (χ3v) is 7.43. The molecule has 5 aromatic carbocycles. The van der Waals surface area contributed by atoms with Crippen LogP contribution in [0.5, 0.6) is 17.2 Å². The summed E-state index contributed by atoms with van der Waals surface area (Å²) >= 11 is 0. The number of nitrogens with one attached hydrogen (secondary N) is 1. The SMILES string of the molecule is COc1ccc(C)cc1S(=O)(=O)Nc1cc(-c2c(O)ccc3ccccc23)c(O)c2ccccc12. The van der Waals surface area contributed by atoms with Crippen LogP contribution in [0.15, 0.2) is 89.8 Å². The molecule has 0 unspecified atom stereocenters. The lowest BCUT2D eigenvalue weighted by Gasteiger charge is -2.18. The topological polar surface area (TPSA) is 95.9 Å². The Morgan fingerprint density at radius 1 is 0.800 bits per heavy atom. The molecule has 6 nitrogen and oxygen atoms in total. The standard InChI is InChI=1S/C28H23NO5S/c1-17-11-14-25(34-2)26(15-17)35(32,33)29-23-16-22(28(31)21-10-6-5-9-20(21)23)27-19-8-4-3-7-18(19)12-13-24(27)30/h3-16,29-31H,1-2H3. The van der Waals surface area contributed by atoms with Gasteiger partial charge in [-0.2, -0.15) is 0 Å². The van der Waals surface area contributed by atoms with Crippen LogP contribution in [0.2, 0.25) is 0 Å². The van der Waals surface area contributed by atoms with E-state index in [0.29, 0.717) is 21.9 Å². The number of sulfonamides is 1. The summed E-state index contributed by atoms with van der Waals surface area (Å²) in [5.41, 5.74) is 1.76. The first-order valence-corrected chi connectivity index (χ1v) is 12.4. The zero-order valence-electron chi connectivity index (χ0n) is 19.1. The summed E-state index contributed by atoms with van der Waals surface area (Å²) in [6.07, 6.45) is 0. The Hall–Kier alpha value is -4.23. The number of fused-ring (bicyclic) bond motifs is 2. The van der Waals surface area contributed by atoms with Gasteiger partial charge in [-0.05, 0) is 47.5 Å². The fourth-order valence-electron chi connectivity index (χ4n) is 4.37. The second kappa shape index (κ2) is 8.52. The predicted octanol–water partition coefficient (Wildman–Crippen LogP) is 6.19. The largest absolute Gasteiger partial charge is 0.507 e. The molecule has 0 aliphatic carbocycles. The van der Waals surface area contributed by atoms with Crippen molar-refractivity contribution in [3.05, 3.63) is 90.5 Å². The van der Waals surface area contributed by atoms with Gasteiger partial charge in [-0.15, -0.1) is 0 Å². The number of aryl methyl sites for hydroxylation is 1. The molecule has 7 heteroatoms. The van der Waals surface area contributed by atoms with E-state index < -0.39 is 10.0 Å². The lowest BCUT2D eigenvalue weighted by atomic mass is 9.93. The molecule has 0 fully saturated rings. The van der Waals surface area contributed by atoms with Gasteiger partial charge in [0.1, 0.15) is 22.1 Å². The number of methoxy groups -OCH3 is 1. The molecule has 0 aromatic heterocycles. The first-order valence-electron chi connectivity index (χ1n) is 10.9. The van der Waals surface area contributed by atoms with Crippen molar-refractivity contribution in [2.45, 2.75) is 11.8 Å². The van der Waals surface area contributed by atoms with Gasteiger partial charge < -0.3 is 14.9 Å². The number of aromatic hydroxyl groups is 2. The van der Waals surface area contributed by atoms with E-state index in [1.165, 1.54) is 7.11 Å². The molecule has 3 N–H and O–H groups in total. The second-order valence-electron chi connectivity index (χ2n) is 8.31. The van der Waals surface area contributed by atoms with Gasteiger partial charge in [0.05, 0.1) is 12.8 Å². The van der Waals surface area contributed by atoms with Crippen LogP contribution in [0.1, 0.15) is 5.56 Å². The smallest absolute Gasteiger partial charge is 0.265 e. The van der Waals surface area contributed by atoms with E-state index in [1.54, 1.807) is 67.6 Å². The van der Waals surface area contributed by atoms with Gasteiger partial charge >= 0.3 is 0 Å². The van der Waals surface area contributed by atoms with Crippen LogP contribution in [0.4, 0.5) is 5.69 Å². The number of phenolic OH excluding ortho intramolecular Hbond substituents is 2. The molecular weight excluding hydrogens is 462 g/mol. The quantitative estimate of drug-likeness (QED) is 0.258. The summed E-state index contributed by atoms with van der Waals surface area (Å²) in [4.78, 5) is 0.00622. The van der Waals surface area contributed by atoms with Crippen molar-refractivity contribution in [2.24, 2.45) is 0 Å². The number of anilines is 1. The van der Waals surface area contributed by atoms with Crippen molar-refractivity contribution in [1.82, 2.24) is 0 Å². The minimum absolute atomic E-state index is 0.00622. The third-order valence-electron chi connectivity index (χ3n) is 6.05. The molecule has 0 aliphatic rings. The van der Waals surface area contributed by atoms with Crippen LogP contribution in [-0.4, -0.2) is 25.7 Å². The molecule has 0 aliphatic heterocycles. The van der Waals surface area contributed by atoms with E-state index in [0.717, 1.165) is 16.3 Å². The first kappa shape index (κ1) is 22.6. The van der Waals surface area contributed by atoms with E-state index in [9.17, 15) is 18.6 Å². The van der Waals surface area contributed by atoms with Gasteiger partial charge in [0, 0.05) is 21.9 Å². The van der Waals surface area contributed by atoms with E-state index in [1.807, 2.05) is 24.3 Å². The van der Waals surface area contributed by atoms with Gasteiger partial charge in [0.25, 0.3) is 10.0 Å². The summed E-state index contributed by atoms with van der Waals surface area (Å²) in [6.45, 7) is 1.80. The van der Waals surface area contributed by atoms with Crippen molar-refractivity contribution < 1.29 is 23.4 Å². The lowest BCUT2D eigenvalue weighted by Crippen LogP contribution is -2.14. The molecule has 0 amide bonds. The number of rotatable bonds is 5. The molecule has 5 rings (SSSR count). The molecule has 0 heterocycles. The number of benzene rings is 5. The van der Waals surface area contributed by atoms with E-state index in [4.69, 9.17) is 4.74 Å². The number of hydrogen-bond acceptors (Lipinski definition) is 5. The number of hydrogen-bond donors (Lipinski definition) is 3. The van der Waals surface area contributed by atoms with Crippen LogP contribution in [0.25, 0.3) is 32.7 Å². The molecule has 5 aromatic rings. The van der Waals surface area contributed by atoms with E-state index in [-0.39, 0.29) is 27.8 Å². The van der Waals surface area contributed by atoms with E-state index >= 15 is 0 Å². The van der Waals surface area contributed by atoms with Crippen molar-refractivity contribution in [2.75, 3.05) is 11.8 Å². The van der Waals surface area contributed by atoms with Crippen molar-refractivity contribution in [3.8, 4) is 28.4 Å². The molecule has 0 saturated carbocycles. The molecule has 0 spiro atoms. The fraction of sp³-hybridized carbons (Fsp3) is 0.0714. The highest BCUT2D eigenvalue weighted by molar-refractivity contribution is 7.92. The van der Waals surface area contributed by atoms with Gasteiger partial charge in [0.15, 0.2) is 0 Å². The summed E-state index contributed by atoms with van der Waals surface area (Å²) in [5, 5.41) is 24.6.